The zero-order valence-electron chi connectivity index (χ0n) is 13.7. The fourth-order valence-electron chi connectivity index (χ4n) is 2.57. The third kappa shape index (κ3) is 3.68. The lowest BCUT2D eigenvalue weighted by molar-refractivity contribution is 0.0743. The minimum absolute atomic E-state index is 0.00499. The number of hydrogen-bond acceptors (Lipinski definition) is 3. The summed E-state index contributed by atoms with van der Waals surface area (Å²) in [6.07, 6.45) is 7.75. The van der Waals surface area contributed by atoms with Gasteiger partial charge in [-0.2, -0.15) is 0 Å². The van der Waals surface area contributed by atoms with Gasteiger partial charge in [0.15, 0.2) is 0 Å². The molecule has 3 aromatic rings. The monoisotopic (exact) mass is 320 g/mol. The minimum Gasteiger partial charge on any atom is -0.334 e. The summed E-state index contributed by atoms with van der Waals surface area (Å²) >= 11 is 0. The van der Waals surface area contributed by atoms with E-state index < -0.39 is 0 Å². The van der Waals surface area contributed by atoms with Crippen molar-refractivity contribution in [2.75, 3.05) is 6.54 Å². The van der Waals surface area contributed by atoms with Gasteiger partial charge in [0.1, 0.15) is 12.1 Å². The molecule has 24 heavy (non-hydrogen) atoms. The number of pyridine rings is 1. The average molecular weight is 320 g/mol. The van der Waals surface area contributed by atoms with Gasteiger partial charge < -0.3 is 4.90 Å². The first kappa shape index (κ1) is 15.9. The number of carbonyl (C=O) groups excluding carboxylic acids is 1. The molecule has 0 aliphatic heterocycles. The van der Waals surface area contributed by atoms with E-state index in [9.17, 15) is 4.79 Å². The molecule has 3 rings (SSSR count). The van der Waals surface area contributed by atoms with Crippen LogP contribution in [0.2, 0.25) is 0 Å². The zero-order chi connectivity index (χ0) is 16.8. The van der Waals surface area contributed by atoms with E-state index >= 15 is 0 Å². The maximum absolute atomic E-state index is 12.8. The van der Waals surface area contributed by atoms with Gasteiger partial charge in [-0.1, -0.05) is 37.3 Å². The van der Waals surface area contributed by atoms with Gasteiger partial charge in [-0.3, -0.25) is 9.36 Å². The van der Waals surface area contributed by atoms with Gasteiger partial charge in [-0.15, -0.1) is 0 Å². The molecule has 2 aromatic heterocycles. The first-order valence-corrected chi connectivity index (χ1v) is 8.05. The van der Waals surface area contributed by atoms with Crippen LogP contribution in [-0.4, -0.2) is 31.9 Å². The quantitative estimate of drug-likeness (QED) is 0.700. The van der Waals surface area contributed by atoms with Crippen LogP contribution in [0.3, 0.4) is 0 Å². The van der Waals surface area contributed by atoms with Gasteiger partial charge in [0, 0.05) is 31.7 Å². The molecule has 0 aliphatic carbocycles. The Bertz CT molecular complexity index is 767. The summed E-state index contributed by atoms with van der Waals surface area (Å²) in [6.45, 7) is 3.40. The molecule has 122 valence electrons. The van der Waals surface area contributed by atoms with Gasteiger partial charge in [0.25, 0.3) is 5.91 Å². The highest BCUT2D eigenvalue weighted by Gasteiger charge is 2.16. The van der Waals surface area contributed by atoms with E-state index in [1.807, 2.05) is 58.1 Å². The zero-order valence-corrected chi connectivity index (χ0v) is 13.7. The summed E-state index contributed by atoms with van der Waals surface area (Å²) in [6, 6.07) is 13.7. The molecule has 0 atom stereocenters. The summed E-state index contributed by atoms with van der Waals surface area (Å²) in [7, 11) is 0. The van der Waals surface area contributed by atoms with Crippen LogP contribution in [0, 0.1) is 0 Å². The molecule has 1 aromatic carbocycles. The van der Waals surface area contributed by atoms with E-state index in [0.717, 1.165) is 24.3 Å². The van der Waals surface area contributed by atoms with Crippen molar-refractivity contribution in [2.45, 2.75) is 19.9 Å². The second-order valence-electron chi connectivity index (χ2n) is 5.59. The molecule has 2 heterocycles. The molecule has 0 saturated heterocycles. The molecule has 5 heteroatoms. The summed E-state index contributed by atoms with van der Waals surface area (Å²) in [5.74, 6) is 0.750. The average Bonchev–Trinajstić information content (AvgIpc) is 3.16. The standard InChI is InChI=1S/C19H20N4O/c1-2-11-22(14-16-6-4-3-5-7-16)19(24)17-8-9-18(21-13-17)23-12-10-20-15-23/h3-10,12-13,15H,2,11,14H2,1H3. The summed E-state index contributed by atoms with van der Waals surface area (Å²) < 4.78 is 1.81. The van der Waals surface area contributed by atoms with Gasteiger partial charge in [-0.05, 0) is 24.1 Å². The summed E-state index contributed by atoms with van der Waals surface area (Å²) in [5.41, 5.74) is 1.73. The van der Waals surface area contributed by atoms with Crippen molar-refractivity contribution in [2.24, 2.45) is 0 Å². The first-order chi connectivity index (χ1) is 11.8. The Balaban J connectivity index is 1.77. The molecule has 0 unspecified atom stereocenters. The van der Waals surface area contributed by atoms with Crippen LogP contribution in [0.1, 0.15) is 29.3 Å². The lowest BCUT2D eigenvalue weighted by Gasteiger charge is -2.22. The smallest absolute Gasteiger partial charge is 0.255 e. The van der Waals surface area contributed by atoms with Crippen molar-refractivity contribution in [1.82, 2.24) is 19.4 Å². The largest absolute Gasteiger partial charge is 0.334 e. The normalized spacial score (nSPS) is 10.5. The summed E-state index contributed by atoms with van der Waals surface area (Å²) in [5, 5.41) is 0. The van der Waals surface area contributed by atoms with Crippen LogP contribution in [0.4, 0.5) is 0 Å². The molecule has 0 fully saturated rings. The Morgan fingerprint density at radius 2 is 2.00 bits per heavy atom. The van der Waals surface area contributed by atoms with Crippen LogP contribution in [0.25, 0.3) is 5.82 Å². The number of amides is 1. The SMILES string of the molecule is CCCN(Cc1ccccc1)C(=O)c1ccc(-n2ccnc2)nc1. The van der Waals surface area contributed by atoms with Crippen LogP contribution >= 0.6 is 0 Å². The van der Waals surface area contributed by atoms with E-state index in [2.05, 4.69) is 16.9 Å². The lowest BCUT2D eigenvalue weighted by atomic mass is 10.2. The van der Waals surface area contributed by atoms with Crippen molar-refractivity contribution in [1.29, 1.82) is 0 Å². The van der Waals surface area contributed by atoms with E-state index in [1.54, 1.807) is 18.7 Å². The van der Waals surface area contributed by atoms with Crippen molar-refractivity contribution < 1.29 is 4.79 Å². The van der Waals surface area contributed by atoms with Crippen molar-refractivity contribution in [3.63, 3.8) is 0 Å². The van der Waals surface area contributed by atoms with E-state index in [0.29, 0.717) is 12.1 Å². The Labute approximate surface area is 141 Å². The molecular weight excluding hydrogens is 300 g/mol. The van der Waals surface area contributed by atoms with Crippen LogP contribution in [0.5, 0.6) is 0 Å². The van der Waals surface area contributed by atoms with Gasteiger partial charge >= 0.3 is 0 Å². The number of benzene rings is 1. The fraction of sp³-hybridized carbons (Fsp3) is 0.211. The highest BCUT2D eigenvalue weighted by Crippen LogP contribution is 2.12. The van der Waals surface area contributed by atoms with Crippen LogP contribution < -0.4 is 0 Å². The van der Waals surface area contributed by atoms with E-state index in [1.165, 1.54) is 0 Å². The first-order valence-electron chi connectivity index (χ1n) is 8.05. The van der Waals surface area contributed by atoms with Gasteiger partial charge in [0.2, 0.25) is 0 Å². The minimum atomic E-state index is 0.00499. The molecule has 0 bridgehead atoms. The molecule has 5 nitrogen and oxygen atoms in total. The Kier molecular flexibility index (Phi) is 5.01. The maximum atomic E-state index is 12.8. The number of rotatable bonds is 6. The Morgan fingerprint density at radius 3 is 2.62 bits per heavy atom. The van der Waals surface area contributed by atoms with E-state index in [4.69, 9.17) is 0 Å². The van der Waals surface area contributed by atoms with Crippen molar-refractivity contribution >= 4 is 5.91 Å². The molecule has 0 spiro atoms. The van der Waals surface area contributed by atoms with Crippen LogP contribution in [0.15, 0.2) is 67.4 Å². The topological polar surface area (TPSA) is 51.0 Å². The highest BCUT2D eigenvalue weighted by atomic mass is 16.2. The van der Waals surface area contributed by atoms with Crippen LogP contribution in [-0.2, 0) is 6.54 Å². The maximum Gasteiger partial charge on any atom is 0.255 e. The number of nitrogens with zero attached hydrogens (tertiary/aromatic N) is 4. The second kappa shape index (κ2) is 7.55. The Morgan fingerprint density at radius 1 is 1.17 bits per heavy atom. The number of imidazole rings is 1. The molecule has 1 amide bonds. The third-order valence-corrected chi connectivity index (χ3v) is 3.76. The predicted octanol–water partition coefficient (Wildman–Crippen LogP) is 3.32. The molecular formula is C19H20N4O. The third-order valence-electron chi connectivity index (χ3n) is 3.76. The number of hydrogen-bond donors (Lipinski definition) is 0. The van der Waals surface area contributed by atoms with Crippen molar-refractivity contribution in [3.8, 4) is 5.82 Å². The van der Waals surface area contributed by atoms with Gasteiger partial charge in [0.05, 0.1) is 5.56 Å². The highest BCUT2D eigenvalue weighted by molar-refractivity contribution is 5.94. The van der Waals surface area contributed by atoms with Gasteiger partial charge in [-0.25, -0.2) is 9.97 Å². The second-order valence-corrected chi connectivity index (χ2v) is 5.59. The summed E-state index contributed by atoms with van der Waals surface area (Å²) in [4.78, 5) is 23.0. The van der Waals surface area contributed by atoms with E-state index in [-0.39, 0.29) is 5.91 Å². The molecule has 0 aliphatic rings. The van der Waals surface area contributed by atoms with Crippen molar-refractivity contribution in [3.05, 3.63) is 78.5 Å². The Hall–Kier alpha value is -2.95. The molecule has 0 N–H and O–H groups in total. The number of aromatic nitrogens is 3. The lowest BCUT2D eigenvalue weighted by Crippen LogP contribution is -2.31. The predicted molar refractivity (Wildman–Crippen MR) is 92.8 cm³/mol. The number of carbonyl (C=O) groups is 1. The molecule has 0 saturated carbocycles. The molecule has 0 radical (unpaired) electrons. The fourth-order valence-corrected chi connectivity index (χ4v) is 2.57.